The van der Waals surface area contributed by atoms with E-state index in [1.54, 1.807) is 0 Å². The third-order valence-corrected chi connectivity index (χ3v) is 8.34. The van der Waals surface area contributed by atoms with Gasteiger partial charge in [0, 0.05) is 64.1 Å². The highest BCUT2D eigenvalue weighted by atomic mass is 16.5. The zero-order valence-electron chi connectivity index (χ0n) is 23.2. The highest BCUT2D eigenvalue weighted by molar-refractivity contribution is 5.80. The minimum absolute atomic E-state index is 0.0144. The SMILES string of the molecule is CCCCN(CCN)C(=O)CN1CC(c2ccc3c(c2)CCO3)C(C(=O)O)C1CCN1CC(C)(C)CC1=O. The molecule has 0 spiro atoms. The van der Waals surface area contributed by atoms with Crippen molar-refractivity contribution in [2.45, 2.75) is 64.8 Å². The number of carboxylic acid groups (broad SMARTS) is 1. The molecule has 0 bridgehead atoms. The second-order valence-corrected chi connectivity index (χ2v) is 11.9. The van der Waals surface area contributed by atoms with Gasteiger partial charge >= 0.3 is 5.97 Å². The van der Waals surface area contributed by atoms with Gasteiger partial charge in [0.05, 0.1) is 19.1 Å². The van der Waals surface area contributed by atoms with Crippen molar-refractivity contribution in [1.82, 2.24) is 14.7 Å². The number of hydrogen-bond acceptors (Lipinski definition) is 6. The number of nitrogens with zero attached hydrogens (tertiary/aromatic N) is 3. The number of ether oxygens (including phenoxy) is 1. The smallest absolute Gasteiger partial charge is 0.308 e. The Balaban J connectivity index is 1.58. The molecule has 2 saturated heterocycles. The molecule has 0 aromatic heterocycles. The van der Waals surface area contributed by atoms with E-state index in [9.17, 15) is 19.5 Å². The van der Waals surface area contributed by atoms with Gasteiger partial charge < -0.3 is 25.4 Å². The van der Waals surface area contributed by atoms with Crippen LogP contribution in [-0.4, -0.2) is 96.1 Å². The van der Waals surface area contributed by atoms with Gasteiger partial charge in [0.15, 0.2) is 0 Å². The van der Waals surface area contributed by atoms with Crippen LogP contribution in [0.4, 0.5) is 0 Å². The number of benzene rings is 1. The van der Waals surface area contributed by atoms with Gasteiger partial charge in [-0.15, -0.1) is 0 Å². The zero-order chi connectivity index (χ0) is 27.4. The third-order valence-electron chi connectivity index (χ3n) is 8.34. The standard InChI is InChI=1S/C29H44N4O5/c1-4-5-11-31(13-10-30)26(35)18-33-17-22(20-6-7-24-21(15-20)9-14-38-24)27(28(36)37)23(33)8-12-32-19-29(2,3)16-25(32)34/h6-7,15,22-23,27H,4-5,8-14,16-19,30H2,1-3H3,(H,36,37). The molecule has 210 valence electrons. The van der Waals surface area contributed by atoms with E-state index in [4.69, 9.17) is 10.5 Å². The second kappa shape index (κ2) is 12.0. The minimum Gasteiger partial charge on any atom is -0.493 e. The van der Waals surface area contributed by atoms with Crippen molar-refractivity contribution < 1.29 is 24.2 Å². The third kappa shape index (κ3) is 6.31. The number of carbonyl (C=O) groups is 3. The topological polar surface area (TPSA) is 116 Å². The van der Waals surface area contributed by atoms with Crippen LogP contribution in [0.3, 0.4) is 0 Å². The van der Waals surface area contributed by atoms with Crippen LogP contribution in [0.15, 0.2) is 18.2 Å². The van der Waals surface area contributed by atoms with Crippen LogP contribution in [0, 0.1) is 11.3 Å². The number of hydrogen-bond donors (Lipinski definition) is 2. The maximum Gasteiger partial charge on any atom is 0.308 e. The average molecular weight is 529 g/mol. The Morgan fingerprint density at radius 1 is 1.26 bits per heavy atom. The summed E-state index contributed by atoms with van der Waals surface area (Å²) in [4.78, 5) is 44.5. The number of likely N-dealkylation sites (tertiary alicyclic amines) is 2. The summed E-state index contributed by atoms with van der Waals surface area (Å²) in [5.74, 6) is -0.811. The van der Waals surface area contributed by atoms with Gasteiger partial charge in [-0.05, 0) is 35.4 Å². The van der Waals surface area contributed by atoms with Crippen LogP contribution in [0.5, 0.6) is 5.75 Å². The summed E-state index contributed by atoms with van der Waals surface area (Å²) in [6.45, 7) is 10.2. The number of carboxylic acids is 1. The summed E-state index contributed by atoms with van der Waals surface area (Å²) >= 11 is 0. The number of unbranched alkanes of at least 4 members (excludes halogenated alkanes) is 1. The average Bonchev–Trinajstić information content (AvgIpc) is 3.54. The summed E-state index contributed by atoms with van der Waals surface area (Å²) in [5, 5.41) is 10.5. The lowest BCUT2D eigenvalue weighted by molar-refractivity contribution is -0.144. The fraction of sp³-hybridized carbons (Fsp3) is 0.690. The normalized spacial score (nSPS) is 24.5. The molecule has 3 aliphatic rings. The highest BCUT2D eigenvalue weighted by Gasteiger charge is 2.48. The Kier molecular flexibility index (Phi) is 8.98. The lowest BCUT2D eigenvalue weighted by atomic mass is 9.83. The molecular formula is C29H44N4O5. The Bertz CT molecular complexity index is 1030. The molecule has 2 fully saturated rings. The Hall–Kier alpha value is -2.65. The van der Waals surface area contributed by atoms with Crippen molar-refractivity contribution in [3.63, 3.8) is 0 Å². The van der Waals surface area contributed by atoms with Gasteiger partial charge in [-0.2, -0.15) is 0 Å². The van der Waals surface area contributed by atoms with Crippen LogP contribution in [0.2, 0.25) is 0 Å². The predicted molar refractivity (Wildman–Crippen MR) is 145 cm³/mol. The molecule has 9 heteroatoms. The van der Waals surface area contributed by atoms with Crippen molar-refractivity contribution >= 4 is 17.8 Å². The number of aliphatic carboxylic acids is 1. The molecule has 1 aromatic rings. The van der Waals surface area contributed by atoms with E-state index in [1.807, 2.05) is 21.9 Å². The van der Waals surface area contributed by atoms with Gasteiger partial charge in [0.1, 0.15) is 5.75 Å². The van der Waals surface area contributed by atoms with Crippen LogP contribution in [0.25, 0.3) is 0 Å². The predicted octanol–water partition coefficient (Wildman–Crippen LogP) is 2.33. The van der Waals surface area contributed by atoms with Gasteiger partial charge in [-0.3, -0.25) is 19.3 Å². The maximum absolute atomic E-state index is 13.4. The molecule has 38 heavy (non-hydrogen) atoms. The number of carbonyl (C=O) groups excluding carboxylic acids is 2. The van der Waals surface area contributed by atoms with Crippen molar-refractivity contribution in [2.75, 3.05) is 52.4 Å². The fourth-order valence-corrected chi connectivity index (χ4v) is 6.44. The molecule has 3 heterocycles. The van der Waals surface area contributed by atoms with Crippen molar-refractivity contribution in [1.29, 1.82) is 0 Å². The summed E-state index contributed by atoms with van der Waals surface area (Å²) in [5.41, 5.74) is 7.80. The molecule has 3 aliphatic heterocycles. The highest BCUT2D eigenvalue weighted by Crippen LogP contribution is 2.41. The fourth-order valence-electron chi connectivity index (χ4n) is 6.44. The second-order valence-electron chi connectivity index (χ2n) is 11.9. The van der Waals surface area contributed by atoms with Gasteiger partial charge in [-0.1, -0.05) is 39.3 Å². The van der Waals surface area contributed by atoms with Gasteiger partial charge in [-0.25, -0.2) is 0 Å². The van der Waals surface area contributed by atoms with Crippen LogP contribution < -0.4 is 10.5 Å². The van der Waals surface area contributed by atoms with Crippen molar-refractivity contribution in [2.24, 2.45) is 17.1 Å². The first-order valence-corrected chi connectivity index (χ1v) is 14.1. The molecular weight excluding hydrogens is 484 g/mol. The number of nitrogens with two attached hydrogens (primary N) is 1. The van der Waals surface area contributed by atoms with E-state index >= 15 is 0 Å². The van der Waals surface area contributed by atoms with Crippen LogP contribution >= 0.6 is 0 Å². The van der Waals surface area contributed by atoms with Crippen LogP contribution in [-0.2, 0) is 20.8 Å². The first kappa shape index (κ1) is 28.4. The first-order chi connectivity index (χ1) is 18.1. The molecule has 2 amide bonds. The summed E-state index contributed by atoms with van der Waals surface area (Å²) in [7, 11) is 0. The van der Waals surface area contributed by atoms with E-state index < -0.39 is 11.9 Å². The number of fused-ring (bicyclic) bond motifs is 1. The zero-order valence-corrected chi connectivity index (χ0v) is 23.2. The Morgan fingerprint density at radius 2 is 2.05 bits per heavy atom. The molecule has 1 aromatic carbocycles. The molecule has 4 rings (SSSR count). The number of amides is 2. The van der Waals surface area contributed by atoms with E-state index in [0.29, 0.717) is 58.7 Å². The molecule has 9 nitrogen and oxygen atoms in total. The molecule has 0 aliphatic carbocycles. The maximum atomic E-state index is 13.4. The summed E-state index contributed by atoms with van der Waals surface area (Å²) in [6.07, 6.45) is 3.72. The Labute approximate surface area is 226 Å². The molecule has 3 atom stereocenters. The lowest BCUT2D eigenvalue weighted by Gasteiger charge is -2.31. The van der Waals surface area contributed by atoms with E-state index in [1.165, 1.54) is 0 Å². The first-order valence-electron chi connectivity index (χ1n) is 14.1. The molecule has 3 N–H and O–H groups in total. The van der Waals surface area contributed by atoms with E-state index in [2.05, 4.69) is 31.7 Å². The van der Waals surface area contributed by atoms with Gasteiger partial charge in [0.25, 0.3) is 0 Å². The van der Waals surface area contributed by atoms with E-state index in [-0.39, 0.29) is 35.7 Å². The number of rotatable bonds is 12. The minimum atomic E-state index is -0.857. The largest absolute Gasteiger partial charge is 0.493 e. The monoisotopic (exact) mass is 528 g/mol. The molecule has 0 saturated carbocycles. The van der Waals surface area contributed by atoms with Crippen molar-refractivity contribution in [3.05, 3.63) is 29.3 Å². The summed E-state index contributed by atoms with van der Waals surface area (Å²) in [6, 6.07) is 5.65. The quantitative estimate of drug-likeness (QED) is 0.428. The molecule has 0 radical (unpaired) electrons. The Morgan fingerprint density at radius 3 is 2.71 bits per heavy atom. The van der Waals surface area contributed by atoms with E-state index in [0.717, 1.165) is 36.1 Å². The summed E-state index contributed by atoms with van der Waals surface area (Å²) < 4.78 is 5.66. The molecule has 3 unspecified atom stereocenters. The van der Waals surface area contributed by atoms with Crippen LogP contribution in [0.1, 0.15) is 63.5 Å². The lowest BCUT2D eigenvalue weighted by Crippen LogP contribution is -2.46. The van der Waals surface area contributed by atoms with Gasteiger partial charge in [0.2, 0.25) is 11.8 Å². The van der Waals surface area contributed by atoms with Crippen molar-refractivity contribution in [3.8, 4) is 5.75 Å².